The van der Waals surface area contributed by atoms with Gasteiger partial charge in [-0.05, 0) is 47.6 Å². The average molecular weight is 429 g/mol. The Morgan fingerprint density at radius 3 is 2.23 bits per heavy atom. The van der Waals surface area contributed by atoms with Crippen LogP contribution in [0.5, 0.6) is 0 Å². The average Bonchev–Trinajstić information content (AvgIpc) is 2.64. The topological polar surface area (TPSA) is 18.5 Å². The van der Waals surface area contributed by atoms with Gasteiger partial charge >= 0.3 is 0 Å². The lowest BCUT2D eigenvalue weighted by atomic mass is 10.2. The lowest BCUT2D eigenvalue weighted by Crippen LogP contribution is -2.51. The van der Waals surface area contributed by atoms with Crippen LogP contribution in [-0.2, 0) is 13.1 Å². The molecule has 1 saturated heterocycles. The first-order chi connectivity index (χ1) is 12.5. The Hall–Kier alpha value is -1.04. The van der Waals surface area contributed by atoms with Gasteiger partial charge < -0.3 is 10.2 Å². The molecule has 138 valence electrons. The summed E-state index contributed by atoms with van der Waals surface area (Å²) < 4.78 is 0. The molecule has 0 spiro atoms. The van der Waals surface area contributed by atoms with Crippen LogP contribution in [0.1, 0.15) is 11.1 Å². The molecule has 0 aliphatic carbocycles. The van der Waals surface area contributed by atoms with Gasteiger partial charge in [-0.2, -0.15) is 0 Å². The van der Waals surface area contributed by atoms with E-state index in [1.807, 2.05) is 36.4 Å². The minimum absolute atomic E-state index is 0.667. The molecule has 3 rings (SSSR count). The van der Waals surface area contributed by atoms with Crippen molar-refractivity contribution in [3.8, 4) is 0 Å². The number of hydrogen-bond donors (Lipinski definition) is 1. The van der Waals surface area contributed by atoms with E-state index in [0.29, 0.717) is 11.6 Å². The van der Waals surface area contributed by atoms with E-state index in [-0.39, 0.29) is 0 Å². The number of benzene rings is 2. The molecule has 2 aromatic carbocycles. The molecule has 1 N–H and O–H groups in total. The second-order valence-electron chi connectivity index (χ2n) is 6.28. The molecular weight excluding hydrogens is 409 g/mol. The van der Waals surface area contributed by atoms with Gasteiger partial charge in [-0.1, -0.05) is 53.0 Å². The molecule has 2 aromatic rings. The summed E-state index contributed by atoms with van der Waals surface area (Å²) in [5.41, 5.74) is 2.26. The molecule has 7 heteroatoms. The van der Waals surface area contributed by atoms with Gasteiger partial charge in [0, 0.05) is 54.3 Å². The van der Waals surface area contributed by atoms with Crippen LogP contribution >= 0.6 is 47.0 Å². The fourth-order valence-corrected chi connectivity index (χ4v) is 3.74. The van der Waals surface area contributed by atoms with Crippen LogP contribution in [0.25, 0.3) is 0 Å². The molecule has 0 bridgehead atoms. The minimum Gasteiger partial charge on any atom is -0.358 e. The SMILES string of the molecule is S=C(NCc1ccc(Cl)cc1)N1CCN(Cc2ccc(Cl)cc2Cl)CC1. The first kappa shape index (κ1) is 19.7. The highest BCUT2D eigenvalue weighted by atomic mass is 35.5. The summed E-state index contributed by atoms with van der Waals surface area (Å²) in [4.78, 5) is 4.60. The van der Waals surface area contributed by atoms with Crippen molar-refractivity contribution < 1.29 is 0 Å². The highest BCUT2D eigenvalue weighted by molar-refractivity contribution is 7.80. The number of piperazine rings is 1. The van der Waals surface area contributed by atoms with Crippen molar-refractivity contribution in [3.63, 3.8) is 0 Å². The highest BCUT2D eigenvalue weighted by Crippen LogP contribution is 2.22. The lowest BCUT2D eigenvalue weighted by molar-refractivity contribution is 0.174. The number of nitrogens with zero attached hydrogens (tertiary/aromatic N) is 2. The molecule has 1 fully saturated rings. The third-order valence-corrected chi connectivity index (χ3v) is 5.67. The van der Waals surface area contributed by atoms with Gasteiger partial charge in [-0.25, -0.2) is 0 Å². The van der Waals surface area contributed by atoms with Crippen LogP contribution in [0.15, 0.2) is 42.5 Å². The summed E-state index contributed by atoms with van der Waals surface area (Å²) in [5, 5.41) is 6.26. The summed E-state index contributed by atoms with van der Waals surface area (Å²) in [6, 6.07) is 13.5. The predicted octanol–water partition coefficient (Wildman–Crippen LogP) is 4.84. The number of rotatable bonds is 4. The Bertz CT molecular complexity index is 759. The predicted molar refractivity (Wildman–Crippen MR) is 114 cm³/mol. The first-order valence-corrected chi connectivity index (χ1v) is 9.99. The van der Waals surface area contributed by atoms with Gasteiger partial charge in [0.05, 0.1) is 0 Å². The van der Waals surface area contributed by atoms with E-state index >= 15 is 0 Å². The van der Waals surface area contributed by atoms with Crippen LogP contribution in [0, 0.1) is 0 Å². The van der Waals surface area contributed by atoms with Crippen molar-refractivity contribution in [1.29, 1.82) is 0 Å². The molecule has 1 aliphatic heterocycles. The lowest BCUT2D eigenvalue weighted by Gasteiger charge is -2.36. The maximum Gasteiger partial charge on any atom is 0.169 e. The Labute approximate surface area is 174 Å². The van der Waals surface area contributed by atoms with E-state index in [1.165, 1.54) is 0 Å². The maximum absolute atomic E-state index is 6.28. The number of nitrogens with one attached hydrogen (secondary N) is 1. The summed E-state index contributed by atoms with van der Waals surface area (Å²) in [6.45, 7) is 5.23. The van der Waals surface area contributed by atoms with Gasteiger partial charge in [0.1, 0.15) is 0 Å². The molecule has 0 unspecified atom stereocenters. The molecule has 3 nitrogen and oxygen atoms in total. The molecule has 0 atom stereocenters. The molecule has 0 radical (unpaired) electrons. The van der Waals surface area contributed by atoms with Crippen molar-refractivity contribution in [3.05, 3.63) is 68.7 Å². The van der Waals surface area contributed by atoms with E-state index < -0.39 is 0 Å². The zero-order chi connectivity index (χ0) is 18.5. The van der Waals surface area contributed by atoms with Gasteiger partial charge in [-0.3, -0.25) is 4.90 Å². The number of thiocarbonyl (C=S) groups is 1. The van der Waals surface area contributed by atoms with E-state index in [9.17, 15) is 0 Å². The van der Waals surface area contributed by atoms with Crippen LogP contribution in [-0.4, -0.2) is 41.1 Å². The third kappa shape index (κ3) is 5.48. The smallest absolute Gasteiger partial charge is 0.169 e. The number of hydrogen-bond acceptors (Lipinski definition) is 2. The highest BCUT2D eigenvalue weighted by Gasteiger charge is 2.19. The normalized spacial score (nSPS) is 15.1. The summed E-state index contributed by atoms with van der Waals surface area (Å²) in [6.07, 6.45) is 0. The molecule has 0 aromatic heterocycles. The summed E-state index contributed by atoms with van der Waals surface area (Å²) in [7, 11) is 0. The van der Waals surface area contributed by atoms with E-state index in [4.69, 9.17) is 47.0 Å². The van der Waals surface area contributed by atoms with Crippen molar-refractivity contribution >= 4 is 52.1 Å². The Balaban J connectivity index is 1.45. The van der Waals surface area contributed by atoms with Crippen LogP contribution in [0.2, 0.25) is 15.1 Å². The molecular formula is C19H20Cl3N3S. The van der Waals surface area contributed by atoms with Gasteiger partial charge in [0.2, 0.25) is 0 Å². The molecule has 1 heterocycles. The van der Waals surface area contributed by atoms with Crippen molar-refractivity contribution in [2.45, 2.75) is 13.1 Å². The second-order valence-corrected chi connectivity index (χ2v) is 7.95. The van der Waals surface area contributed by atoms with Crippen molar-refractivity contribution in [2.24, 2.45) is 0 Å². The maximum atomic E-state index is 6.28. The second kappa shape index (κ2) is 9.25. The quantitative estimate of drug-likeness (QED) is 0.702. The fourth-order valence-electron chi connectivity index (χ4n) is 2.89. The van der Waals surface area contributed by atoms with E-state index in [2.05, 4.69) is 15.1 Å². The zero-order valence-electron chi connectivity index (χ0n) is 14.2. The Kier molecular flexibility index (Phi) is 7.01. The van der Waals surface area contributed by atoms with Crippen molar-refractivity contribution in [1.82, 2.24) is 15.1 Å². The molecule has 26 heavy (non-hydrogen) atoms. The van der Waals surface area contributed by atoms with Gasteiger partial charge in [0.25, 0.3) is 0 Å². The molecule has 0 saturated carbocycles. The standard InChI is InChI=1S/C19H20Cl3N3S/c20-16-4-1-14(2-5-16)12-23-19(26)25-9-7-24(8-10-25)13-15-3-6-17(21)11-18(15)22/h1-6,11H,7-10,12-13H2,(H,23,26). The molecule has 1 aliphatic rings. The van der Waals surface area contributed by atoms with E-state index in [0.717, 1.165) is 59.0 Å². The molecule has 0 amide bonds. The number of halogens is 3. The van der Waals surface area contributed by atoms with Gasteiger partial charge in [-0.15, -0.1) is 0 Å². The summed E-state index contributed by atoms with van der Waals surface area (Å²) in [5.74, 6) is 0. The third-order valence-electron chi connectivity index (χ3n) is 4.43. The Morgan fingerprint density at radius 1 is 0.923 bits per heavy atom. The van der Waals surface area contributed by atoms with Crippen LogP contribution < -0.4 is 5.32 Å². The zero-order valence-corrected chi connectivity index (χ0v) is 17.3. The van der Waals surface area contributed by atoms with E-state index in [1.54, 1.807) is 6.07 Å². The fraction of sp³-hybridized carbons (Fsp3) is 0.316. The van der Waals surface area contributed by atoms with Crippen LogP contribution in [0.3, 0.4) is 0 Å². The monoisotopic (exact) mass is 427 g/mol. The Morgan fingerprint density at radius 2 is 1.58 bits per heavy atom. The largest absolute Gasteiger partial charge is 0.358 e. The van der Waals surface area contributed by atoms with Crippen LogP contribution in [0.4, 0.5) is 0 Å². The minimum atomic E-state index is 0.667. The van der Waals surface area contributed by atoms with Gasteiger partial charge in [0.15, 0.2) is 5.11 Å². The summed E-state index contributed by atoms with van der Waals surface area (Å²) >= 11 is 23.7. The van der Waals surface area contributed by atoms with Crippen molar-refractivity contribution in [2.75, 3.05) is 26.2 Å². The first-order valence-electron chi connectivity index (χ1n) is 8.45.